The molecule has 118 valence electrons. The first-order chi connectivity index (χ1) is 11.2. The molecule has 0 aliphatic heterocycles. The Morgan fingerprint density at radius 3 is 2.35 bits per heavy atom. The molecule has 5 heteroatoms. The van der Waals surface area contributed by atoms with Crippen molar-refractivity contribution in [1.82, 2.24) is 9.55 Å². The zero-order valence-corrected chi connectivity index (χ0v) is 14.1. The maximum absolute atomic E-state index is 6.34. The summed E-state index contributed by atoms with van der Waals surface area (Å²) in [5, 5.41) is 1.35. The summed E-state index contributed by atoms with van der Waals surface area (Å²) >= 11 is 12.7. The van der Waals surface area contributed by atoms with E-state index in [1.807, 2.05) is 48.7 Å². The van der Waals surface area contributed by atoms with Gasteiger partial charge in [0.05, 0.1) is 19.5 Å². The largest absolute Gasteiger partial charge is 0.497 e. The van der Waals surface area contributed by atoms with Gasteiger partial charge < -0.3 is 9.30 Å². The predicted molar refractivity (Wildman–Crippen MR) is 93.5 cm³/mol. The quantitative estimate of drug-likeness (QED) is 0.647. The lowest BCUT2D eigenvalue weighted by molar-refractivity contribution is 0.414. The third kappa shape index (κ3) is 3.52. The van der Waals surface area contributed by atoms with Gasteiger partial charge in [-0.3, -0.25) is 0 Å². The van der Waals surface area contributed by atoms with E-state index in [9.17, 15) is 0 Å². The van der Waals surface area contributed by atoms with Crippen LogP contribution < -0.4 is 4.74 Å². The molecule has 0 fully saturated rings. The van der Waals surface area contributed by atoms with Gasteiger partial charge in [0.2, 0.25) is 0 Å². The summed E-state index contributed by atoms with van der Waals surface area (Å²) < 4.78 is 7.29. The minimum Gasteiger partial charge on any atom is -0.497 e. The second kappa shape index (κ2) is 7.07. The number of rotatable bonds is 5. The van der Waals surface area contributed by atoms with Gasteiger partial charge in [0.25, 0.3) is 0 Å². The summed E-state index contributed by atoms with van der Waals surface area (Å²) in [6.07, 6.45) is 6.20. The molecule has 0 saturated carbocycles. The number of hydrogen-bond donors (Lipinski definition) is 0. The van der Waals surface area contributed by atoms with E-state index >= 15 is 0 Å². The highest BCUT2D eigenvalue weighted by molar-refractivity contribution is 6.36. The third-order valence-electron chi connectivity index (χ3n) is 3.84. The van der Waals surface area contributed by atoms with Crippen LogP contribution in [0.5, 0.6) is 5.75 Å². The first-order valence-electron chi connectivity index (χ1n) is 7.23. The van der Waals surface area contributed by atoms with Gasteiger partial charge in [-0.15, -0.1) is 0 Å². The summed E-state index contributed by atoms with van der Waals surface area (Å²) in [6.45, 7) is 0. The second-order valence-corrected chi connectivity index (χ2v) is 6.02. The SMILES string of the molecule is COc1ccc(C(Cc2c(Cl)cccc2Cl)n2ccnc2)cc1. The molecule has 0 amide bonds. The van der Waals surface area contributed by atoms with Crippen LogP contribution in [-0.4, -0.2) is 16.7 Å². The Bertz CT molecular complexity index is 750. The Hall–Kier alpha value is -1.97. The van der Waals surface area contributed by atoms with E-state index < -0.39 is 0 Å². The number of hydrogen-bond acceptors (Lipinski definition) is 2. The number of methoxy groups -OCH3 is 1. The Kier molecular flexibility index (Phi) is 4.89. The number of ether oxygens (including phenoxy) is 1. The highest BCUT2D eigenvalue weighted by Gasteiger charge is 2.17. The summed E-state index contributed by atoms with van der Waals surface area (Å²) in [5.41, 5.74) is 2.07. The van der Waals surface area contributed by atoms with Crippen molar-refractivity contribution in [3.05, 3.63) is 82.4 Å². The average molecular weight is 347 g/mol. The number of halogens is 2. The van der Waals surface area contributed by atoms with E-state index in [0.29, 0.717) is 16.5 Å². The lowest BCUT2D eigenvalue weighted by atomic mass is 9.98. The summed E-state index contributed by atoms with van der Waals surface area (Å²) in [5.74, 6) is 0.828. The molecule has 2 aromatic carbocycles. The molecule has 0 spiro atoms. The van der Waals surface area contributed by atoms with Crippen molar-refractivity contribution in [3.8, 4) is 5.75 Å². The minimum absolute atomic E-state index is 0.0563. The van der Waals surface area contributed by atoms with Crippen LogP contribution in [0.3, 0.4) is 0 Å². The highest BCUT2D eigenvalue weighted by atomic mass is 35.5. The van der Waals surface area contributed by atoms with Crippen LogP contribution in [-0.2, 0) is 6.42 Å². The van der Waals surface area contributed by atoms with Crippen molar-refractivity contribution in [3.63, 3.8) is 0 Å². The third-order valence-corrected chi connectivity index (χ3v) is 4.55. The zero-order valence-electron chi connectivity index (χ0n) is 12.6. The lowest BCUT2D eigenvalue weighted by Gasteiger charge is -2.21. The lowest BCUT2D eigenvalue weighted by Crippen LogP contribution is -2.12. The van der Waals surface area contributed by atoms with E-state index in [-0.39, 0.29) is 6.04 Å². The fraction of sp³-hybridized carbons (Fsp3) is 0.167. The van der Waals surface area contributed by atoms with E-state index in [1.165, 1.54) is 0 Å². The van der Waals surface area contributed by atoms with Crippen LogP contribution in [0.1, 0.15) is 17.2 Å². The normalized spacial score (nSPS) is 12.1. The molecule has 1 unspecified atom stereocenters. The van der Waals surface area contributed by atoms with Crippen molar-refractivity contribution in [2.24, 2.45) is 0 Å². The first-order valence-corrected chi connectivity index (χ1v) is 7.99. The molecule has 0 aliphatic carbocycles. The summed E-state index contributed by atoms with van der Waals surface area (Å²) in [7, 11) is 1.66. The monoisotopic (exact) mass is 346 g/mol. The fourth-order valence-electron chi connectivity index (χ4n) is 2.60. The standard InChI is InChI=1S/C18H16Cl2N2O/c1-23-14-7-5-13(6-8-14)18(22-10-9-21-12-22)11-15-16(19)3-2-4-17(15)20/h2-10,12,18H,11H2,1H3. The number of benzene rings is 2. The van der Waals surface area contributed by atoms with Crippen LogP contribution in [0, 0.1) is 0 Å². The highest BCUT2D eigenvalue weighted by Crippen LogP contribution is 2.31. The van der Waals surface area contributed by atoms with Gasteiger partial charge in [-0.05, 0) is 35.4 Å². The molecule has 1 atom stereocenters. The van der Waals surface area contributed by atoms with Gasteiger partial charge >= 0.3 is 0 Å². The smallest absolute Gasteiger partial charge is 0.118 e. The maximum atomic E-state index is 6.34. The minimum atomic E-state index is 0.0563. The predicted octanol–water partition coefficient (Wildman–Crippen LogP) is 5.03. The topological polar surface area (TPSA) is 27.1 Å². The van der Waals surface area contributed by atoms with Crippen molar-refractivity contribution in [2.75, 3.05) is 7.11 Å². The Balaban J connectivity index is 1.99. The van der Waals surface area contributed by atoms with Gasteiger partial charge in [0, 0.05) is 28.9 Å². The molecule has 0 saturated heterocycles. The average Bonchev–Trinajstić information content (AvgIpc) is 3.09. The van der Waals surface area contributed by atoms with Gasteiger partial charge in [0.15, 0.2) is 0 Å². The van der Waals surface area contributed by atoms with E-state index in [4.69, 9.17) is 27.9 Å². The summed E-state index contributed by atoms with van der Waals surface area (Å²) in [4.78, 5) is 4.16. The van der Waals surface area contributed by atoms with E-state index in [0.717, 1.165) is 16.9 Å². The van der Waals surface area contributed by atoms with Crippen molar-refractivity contribution >= 4 is 23.2 Å². The number of nitrogens with zero attached hydrogens (tertiary/aromatic N) is 2. The molecule has 0 bridgehead atoms. The molecule has 3 rings (SSSR count). The Morgan fingerprint density at radius 2 is 1.78 bits per heavy atom. The van der Waals surface area contributed by atoms with Crippen molar-refractivity contribution in [1.29, 1.82) is 0 Å². The Morgan fingerprint density at radius 1 is 1.09 bits per heavy atom. The molecular weight excluding hydrogens is 331 g/mol. The molecule has 1 heterocycles. The van der Waals surface area contributed by atoms with Crippen molar-refractivity contribution < 1.29 is 4.74 Å². The van der Waals surface area contributed by atoms with Gasteiger partial charge in [-0.25, -0.2) is 4.98 Å². The van der Waals surface area contributed by atoms with Crippen molar-refractivity contribution in [2.45, 2.75) is 12.5 Å². The number of aromatic nitrogens is 2. The van der Waals surface area contributed by atoms with E-state index in [2.05, 4.69) is 9.55 Å². The first kappa shape index (κ1) is 15.9. The fourth-order valence-corrected chi connectivity index (χ4v) is 3.15. The molecule has 0 radical (unpaired) electrons. The van der Waals surface area contributed by atoms with E-state index in [1.54, 1.807) is 19.6 Å². The van der Waals surface area contributed by atoms with Gasteiger partial charge in [-0.1, -0.05) is 41.4 Å². The maximum Gasteiger partial charge on any atom is 0.118 e. The van der Waals surface area contributed by atoms with Gasteiger partial charge in [0.1, 0.15) is 5.75 Å². The summed E-state index contributed by atoms with van der Waals surface area (Å²) in [6, 6.07) is 13.6. The molecular formula is C18H16Cl2N2O. The van der Waals surface area contributed by atoms with Crippen LogP contribution in [0.4, 0.5) is 0 Å². The number of imidazole rings is 1. The Labute approximate surface area is 145 Å². The van der Waals surface area contributed by atoms with Crippen LogP contribution in [0.2, 0.25) is 10.0 Å². The van der Waals surface area contributed by atoms with Crippen LogP contribution in [0.15, 0.2) is 61.2 Å². The molecule has 0 N–H and O–H groups in total. The molecule has 1 aromatic heterocycles. The molecule has 3 nitrogen and oxygen atoms in total. The molecule has 3 aromatic rings. The van der Waals surface area contributed by atoms with Crippen LogP contribution in [0.25, 0.3) is 0 Å². The van der Waals surface area contributed by atoms with Crippen LogP contribution >= 0.6 is 23.2 Å². The zero-order chi connectivity index (χ0) is 16.2. The second-order valence-electron chi connectivity index (χ2n) is 5.20. The van der Waals surface area contributed by atoms with Gasteiger partial charge in [-0.2, -0.15) is 0 Å². The molecule has 0 aliphatic rings. The molecule has 23 heavy (non-hydrogen) atoms.